The zero-order valence-corrected chi connectivity index (χ0v) is 9.05. The van der Waals surface area contributed by atoms with Crippen LogP contribution >= 0.6 is 11.8 Å². The van der Waals surface area contributed by atoms with E-state index < -0.39 is 0 Å². The van der Waals surface area contributed by atoms with Crippen LogP contribution in [-0.2, 0) is 5.75 Å². The first-order chi connectivity index (χ1) is 6.72. The average molecular weight is 206 g/mol. The van der Waals surface area contributed by atoms with Crippen LogP contribution < -0.4 is 5.73 Å². The molecule has 0 aromatic heterocycles. The van der Waals surface area contributed by atoms with Crippen LogP contribution in [0.4, 0.5) is 0 Å². The normalized spacial score (nSPS) is 12.1. The lowest BCUT2D eigenvalue weighted by molar-refractivity contribution is 0.953. The number of benzene rings is 1. The Labute approximate surface area is 89.1 Å². The van der Waals surface area contributed by atoms with Crippen LogP contribution in [0.1, 0.15) is 11.1 Å². The highest BCUT2D eigenvalue weighted by Gasteiger charge is 1.99. The molecule has 0 aliphatic heterocycles. The molecule has 1 rings (SSSR count). The molecular formula is C11H14N2S. The third-order valence-corrected chi connectivity index (χ3v) is 2.98. The second-order valence-electron chi connectivity index (χ2n) is 3.24. The fourth-order valence-corrected chi connectivity index (χ4v) is 1.90. The quantitative estimate of drug-likeness (QED) is 0.820. The van der Waals surface area contributed by atoms with E-state index in [4.69, 9.17) is 11.0 Å². The van der Waals surface area contributed by atoms with Crippen molar-refractivity contribution in [2.24, 2.45) is 5.73 Å². The van der Waals surface area contributed by atoms with Gasteiger partial charge >= 0.3 is 0 Å². The van der Waals surface area contributed by atoms with Crippen molar-refractivity contribution in [3.63, 3.8) is 0 Å². The van der Waals surface area contributed by atoms with E-state index in [-0.39, 0.29) is 6.04 Å². The predicted octanol–water partition coefficient (Wildman–Crippen LogP) is 2.08. The topological polar surface area (TPSA) is 49.8 Å². The van der Waals surface area contributed by atoms with Gasteiger partial charge in [0.1, 0.15) is 6.04 Å². The Morgan fingerprint density at radius 1 is 1.43 bits per heavy atom. The van der Waals surface area contributed by atoms with Crippen molar-refractivity contribution in [3.8, 4) is 6.07 Å². The number of thioether (sulfide) groups is 1. The second kappa shape index (κ2) is 5.69. The average Bonchev–Trinajstić information content (AvgIpc) is 2.21. The van der Waals surface area contributed by atoms with Crippen LogP contribution in [-0.4, -0.2) is 11.8 Å². The van der Waals surface area contributed by atoms with Gasteiger partial charge in [-0.25, -0.2) is 0 Å². The van der Waals surface area contributed by atoms with Gasteiger partial charge in [0.25, 0.3) is 0 Å². The molecule has 3 heteroatoms. The number of nitriles is 1. The molecule has 1 unspecified atom stereocenters. The molecule has 2 N–H and O–H groups in total. The molecule has 0 spiro atoms. The van der Waals surface area contributed by atoms with Crippen LogP contribution in [0, 0.1) is 18.3 Å². The van der Waals surface area contributed by atoms with Crippen LogP contribution in [0.3, 0.4) is 0 Å². The monoisotopic (exact) mass is 206 g/mol. The standard InChI is InChI=1S/C11H14N2S/c1-9-2-4-10(5-3-9)7-14-8-11(13)6-12/h2-5,11H,7-8,13H2,1H3. The third kappa shape index (κ3) is 3.82. The highest BCUT2D eigenvalue weighted by atomic mass is 32.2. The van der Waals surface area contributed by atoms with Gasteiger partial charge in [-0.2, -0.15) is 17.0 Å². The molecule has 14 heavy (non-hydrogen) atoms. The molecule has 0 saturated heterocycles. The van der Waals surface area contributed by atoms with Crippen molar-refractivity contribution in [1.82, 2.24) is 0 Å². The molecule has 2 nitrogen and oxygen atoms in total. The van der Waals surface area contributed by atoms with Gasteiger partial charge in [0.05, 0.1) is 6.07 Å². The van der Waals surface area contributed by atoms with Crippen LogP contribution in [0.15, 0.2) is 24.3 Å². The Morgan fingerprint density at radius 2 is 2.07 bits per heavy atom. The van der Waals surface area contributed by atoms with Gasteiger partial charge in [-0.15, -0.1) is 0 Å². The zero-order valence-electron chi connectivity index (χ0n) is 8.23. The van der Waals surface area contributed by atoms with E-state index in [1.165, 1.54) is 11.1 Å². The maximum atomic E-state index is 8.48. The van der Waals surface area contributed by atoms with Gasteiger partial charge in [0.15, 0.2) is 0 Å². The molecule has 1 aromatic rings. The predicted molar refractivity (Wildman–Crippen MR) is 60.9 cm³/mol. The molecule has 74 valence electrons. The van der Waals surface area contributed by atoms with E-state index in [0.717, 1.165) is 5.75 Å². The minimum Gasteiger partial charge on any atom is -0.315 e. The molecule has 1 aromatic carbocycles. The summed E-state index contributed by atoms with van der Waals surface area (Å²) >= 11 is 1.70. The molecule has 0 radical (unpaired) electrons. The molecule has 0 aliphatic carbocycles. The third-order valence-electron chi connectivity index (χ3n) is 1.85. The van der Waals surface area contributed by atoms with E-state index in [0.29, 0.717) is 5.75 Å². The molecule has 1 atom stereocenters. The maximum absolute atomic E-state index is 8.48. The van der Waals surface area contributed by atoms with E-state index in [1.807, 2.05) is 6.07 Å². The van der Waals surface area contributed by atoms with E-state index >= 15 is 0 Å². The summed E-state index contributed by atoms with van der Waals surface area (Å²) in [5.41, 5.74) is 8.03. The van der Waals surface area contributed by atoms with Crippen molar-refractivity contribution in [2.45, 2.75) is 18.7 Å². The second-order valence-corrected chi connectivity index (χ2v) is 4.27. The highest BCUT2D eigenvalue weighted by Crippen LogP contribution is 2.13. The number of rotatable bonds is 4. The molecule has 0 saturated carbocycles. The first-order valence-electron chi connectivity index (χ1n) is 4.51. The summed E-state index contributed by atoms with van der Waals surface area (Å²) in [6, 6.07) is 10.1. The van der Waals surface area contributed by atoms with E-state index in [9.17, 15) is 0 Å². The van der Waals surface area contributed by atoms with Gasteiger partial charge in [-0.05, 0) is 12.5 Å². The summed E-state index contributed by atoms with van der Waals surface area (Å²) in [4.78, 5) is 0. The smallest absolute Gasteiger partial charge is 0.102 e. The summed E-state index contributed by atoms with van der Waals surface area (Å²) in [6.45, 7) is 2.07. The lowest BCUT2D eigenvalue weighted by atomic mass is 10.2. The Balaban J connectivity index is 2.32. The van der Waals surface area contributed by atoms with Crippen molar-refractivity contribution < 1.29 is 0 Å². The number of nitrogens with two attached hydrogens (primary N) is 1. The SMILES string of the molecule is Cc1ccc(CSCC(N)C#N)cc1. The molecule has 0 amide bonds. The van der Waals surface area contributed by atoms with Crippen molar-refractivity contribution in [1.29, 1.82) is 5.26 Å². The molecular weight excluding hydrogens is 192 g/mol. The van der Waals surface area contributed by atoms with E-state index in [2.05, 4.69) is 31.2 Å². The van der Waals surface area contributed by atoms with Crippen molar-refractivity contribution in [2.75, 3.05) is 5.75 Å². The number of hydrogen-bond acceptors (Lipinski definition) is 3. The first kappa shape index (κ1) is 11.1. The van der Waals surface area contributed by atoms with Crippen molar-refractivity contribution in [3.05, 3.63) is 35.4 Å². The first-order valence-corrected chi connectivity index (χ1v) is 5.66. The zero-order chi connectivity index (χ0) is 10.4. The van der Waals surface area contributed by atoms with Gasteiger partial charge in [0.2, 0.25) is 0 Å². The minimum absolute atomic E-state index is 0.342. The Hall–Kier alpha value is -0.980. The minimum atomic E-state index is -0.342. The van der Waals surface area contributed by atoms with Crippen molar-refractivity contribution >= 4 is 11.8 Å². The maximum Gasteiger partial charge on any atom is 0.102 e. The molecule has 0 fully saturated rings. The Bertz CT molecular complexity index is 313. The van der Waals surface area contributed by atoms with Gasteiger partial charge < -0.3 is 5.73 Å². The molecule has 0 bridgehead atoms. The van der Waals surface area contributed by atoms with Crippen LogP contribution in [0.2, 0.25) is 0 Å². The summed E-state index contributed by atoms with van der Waals surface area (Å²) in [7, 11) is 0. The highest BCUT2D eigenvalue weighted by molar-refractivity contribution is 7.98. The largest absolute Gasteiger partial charge is 0.315 e. The van der Waals surface area contributed by atoms with Crippen LogP contribution in [0.25, 0.3) is 0 Å². The summed E-state index contributed by atoms with van der Waals surface area (Å²) in [6.07, 6.45) is 0. The number of nitrogens with zero attached hydrogens (tertiary/aromatic N) is 1. The molecule has 0 aliphatic rings. The number of hydrogen-bond donors (Lipinski definition) is 1. The van der Waals surface area contributed by atoms with Gasteiger partial charge in [-0.1, -0.05) is 29.8 Å². The summed E-state index contributed by atoms with van der Waals surface area (Å²) < 4.78 is 0. The van der Waals surface area contributed by atoms with Gasteiger partial charge in [0, 0.05) is 11.5 Å². The fraction of sp³-hybridized carbons (Fsp3) is 0.364. The fourth-order valence-electron chi connectivity index (χ4n) is 1.03. The molecule has 0 heterocycles. The van der Waals surface area contributed by atoms with Crippen LogP contribution in [0.5, 0.6) is 0 Å². The summed E-state index contributed by atoms with van der Waals surface area (Å²) in [5.74, 6) is 1.63. The van der Waals surface area contributed by atoms with Gasteiger partial charge in [-0.3, -0.25) is 0 Å². The van der Waals surface area contributed by atoms with E-state index in [1.54, 1.807) is 11.8 Å². The lowest BCUT2D eigenvalue weighted by Crippen LogP contribution is -2.19. The lowest BCUT2D eigenvalue weighted by Gasteiger charge is -2.03. The number of aryl methyl sites for hydroxylation is 1. The summed E-state index contributed by atoms with van der Waals surface area (Å²) in [5, 5.41) is 8.48. The Kier molecular flexibility index (Phi) is 4.51. The Morgan fingerprint density at radius 3 is 2.64 bits per heavy atom.